The van der Waals surface area contributed by atoms with Gasteiger partial charge in [0.25, 0.3) is 0 Å². The molecule has 0 atom stereocenters. The van der Waals surface area contributed by atoms with Gasteiger partial charge in [-0.25, -0.2) is 4.98 Å². The Hall–Kier alpha value is -2.62. The lowest BCUT2D eigenvalue weighted by Crippen LogP contribution is -2.12. The van der Waals surface area contributed by atoms with Gasteiger partial charge in [0, 0.05) is 6.42 Å². The second-order valence-corrected chi connectivity index (χ2v) is 5.16. The second kappa shape index (κ2) is 5.40. The van der Waals surface area contributed by atoms with Crippen molar-refractivity contribution in [3.63, 3.8) is 0 Å². The van der Waals surface area contributed by atoms with E-state index in [1.54, 1.807) is 4.57 Å². The fraction of sp³-hybridized carbons (Fsp3) is 0.176. The van der Waals surface area contributed by atoms with Crippen LogP contribution in [0.4, 0.5) is 0 Å². The number of imidazole rings is 1. The van der Waals surface area contributed by atoms with Gasteiger partial charge in [0.15, 0.2) is 0 Å². The zero-order valence-electron chi connectivity index (χ0n) is 11.8. The van der Waals surface area contributed by atoms with Gasteiger partial charge in [-0.3, -0.25) is 4.79 Å². The third-order valence-corrected chi connectivity index (χ3v) is 3.47. The van der Waals surface area contributed by atoms with Gasteiger partial charge in [-0.15, -0.1) is 0 Å². The summed E-state index contributed by atoms with van der Waals surface area (Å²) < 4.78 is 1.78. The van der Waals surface area contributed by atoms with E-state index in [1.165, 1.54) is 5.56 Å². The van der Waals surface area contributed by atoms with Crippen LogP contribution in [-0.2, 0) is 17.8 Å². The third kappa shape index (κ3) is 2.79. The maximum absolute atomic E-state index is 11.1. The minimum atomic E-state index is -0.858. The normalized spacial score (nSPS) is 10.9. The number of hydrogen-bond acceptors (Lipinski definition) is 2. The van der Waals surface area contributed by atoms with Crippen LogP contribution in [0.15, 0.2) is 48.5 Å². The molecule has 0 aliphatic carbocycles. The number of aryl methyl sites for hydroxylation is 1. The van der Waals surface area contributed by atoms with Gasteiger partial charge in [0.2, 0.25) is 0 Å². The van der Waals surface area contributed by atoms with E-state index in [0.717, 1.165) is 22.4 Å². The molecule has 0 saturated heterocycles. The van der Waals surface area contributed by atoms with Gasteiger partial charge in [-0.2, -0.15) is 0 Å². The van der Waals surface area contributed by atoms with Crippen LogP contribution >= 0.6 is 0 Å². The van der Waals surface area contributed by atoms with Gasteiger partial charge in [0.05, 0.1) is 11.0 Å². The van der Waals surface area contributed by atoms with Crippen molar-refractivity contribution in [2.75, 3.05) is 0 Å². The minimum Gasteiger partial charge on any atom is -0.480 e. The Labute approximate surface area is 122 Å². The van der Waals surface area contributed by atoms with E-state index in [1.807, 2.05) is 49.4 Å². The van der Waals surface area contributed by atoms with Gasteiger partial charge in [0.1, 0.15) is 12.4 Å². The molecule has 4 nitrogen and oxygen atoms in total. The van der Waals surface area contributed by atoms with Gasteiger partial charge in [-0.05, 0) is 24.6 Å². The third-order valence-electron chi connectivity index (χ3n) is 3.47. The summed E-state index contributed by atoms with van der Waals surface area (Å²) in [6.45, 7) is 1.98. The van der Waals surface area contributed by atoms with E-state index in [2.05, 4.69) is 11.1 Å². The molecule has 0 unspecified atom stereocenters. The quantitative estimate of drug-likeness (QED) is 0.799. The van der Waals surface area contributed by atoms with E-state index in [0.29, 0.717) is 6.42 Å². The van der Waals surface area contributed by atoms with Crippen molar-refractivity contribution >= 4 is 17.0 Å². The van der Waals surface area contributed by atoms with Crippen molar-refractivity contribution < 1.29 is 9.90 Å². The van der Waals surface area contributed by atoms with E-state index >= 15 is 0 Å². The molecule has 1 heterocycles. The summed E-state index contributed by atoms with van der Waals surface area (Å²) in [5.41, 5.74) is 4.02. The van der Waals surface area contributed by atoms with E-state index < -0.39 is 5.97 Å². The molecule has 4 heteroatoms. The number of rotatable bonds is 4. The van der Waals surface area contributed by atoms with Crippen molar-refractivity contribution in [1.82, 2.24) is 9.55 Å². The molecule has 0 amide bonds. The molecule has 3 aromatic rings. The number of fused-ring (bicyclic) bond motifs is 1. The first-order valence-corrected chi connectivity index (χ1v) is 6.85. The molecular weight excluding hydrogens is 264 g/mol. The van der Waals surface area contributed by atoms with E-state index in [-0.39, 0.29) is 6.54 Å². The Kier molecular flexibility index (Phi) is 3.44. The predicted molar refractivity (Wildman–Crippen MR) is 81.4 cm³/mol. The SMILES string of the molecule is Cc1cccc(Cc2nc3ccccc3n2CC(=O)O)c1. The highest BCUT2D eigenvalue weighted by Crippen LogP contribution is 2.19. The average Bonchev–Trinajstić information content (AvgIpc) is 2.76. The number of nitrogens with zero attached hydrogens (tertiary/aromatic N) is 2. The molecule has 21 heavy (non-hydrogen) atoms. The number of carboxylic acids is 1. The lowest BCUT2D eigenvalue weighted by atomic mass is 10.1. The molecule has 0 aliphatic heterocycles. The van der Waals surface area contributed by atoms with Crippen LogP contribution < -0.4 is 0 Å². The van der Waals surface area contributed by atoms with Crippen molar-refractivity contribution in [3.8, 4) is 0 Å². The second-order valence-electron chi connectivity index (χ2n) is 5.16. The van der Waals surface area contributed by atoms with Gasteiger partial charge >= 0.3 is 5.97 Å². The highest BCUT2D eigenvalue weighted by atomic mass is 16.4. The summed E-state index contributed by atoms with van der Waals surface area (Å²) in [6, 6.07) is 15.8. The summed E-state index contributed by atoms with van der Waals surface area (Å²) in [5.74, 6) is -0.0761. The molecule has 0 saturated carbocycles. The Morgan fingerprint density at radius 3 is 2.76 bits per heavy atom. The van der Waals surface area contributed by atoms with Crippen LogP contribution in [0.1, 0.15) is 17.0 Å². The zero-order valence-corrected chi connectivity index (χ0v) is 11.8. The number of carbonyl (C=O) groups is 1. The first kappa shape index (κ1) is 13.4. The molecule has 1 N–H and O–H groups in total. The number of hydrogen-bond donors (Lipinski definition) is 1. The zero-order chi connectivity index (χ0) is 14.8. The number of para-hydroxylation sites is 2. The maximum Gasteiger partial charge on any atom is 0.323 e. The topological polar surface area (TPSA) is 55.1 Å². The Bertz CT molecular complexity index is 805. The van der Waals surface area contributed by atoms with Crippen LogP contribution in [0, 0.1) is 6.92 Å². The number of aliphatic carboxylic acids is 1. The molecule has 1 aromatic heterocycles. The minimum absolute atomic E-state index is 0.0678. The summed E-state index contributed by atoms with van der Waals surface area (Å²) in [6.07, 6.45) is 0.629. The van der Waals surface area contributed by atoms with E-state index in [4.69, 9.17) is 5.11 Å². The standard InChI is InChI=1S/C17H16N2O2/c1-12-5-4-6-13(9-12)10-16-18-14-7-2-3-8-15(14)19(16)11-17(20)21/h2-9H,10-11H2,1H3,(H,20,21). The molecule has 106 valence electrons. The summed E-state index contributed by atoms with van der Waals surface area (Å²) in [5, 5.41) is 9.13. The number of benzene rings is 2. The number of carboxylic acid groups (broad SMARTS) is 1. The fourth-order valence-corrected chi connectivity index (χ4v) is 2.58. The van der Waals surface area contributed by atoms with Crippen LogP contribution in [-0.4, -0.2) is 20.6 Å². The average molecular weight is 280 g/mol. The fourth-order valence-electron chi connectivity index (χ4n) is 2.58. The van der Waals surface area contributed by atoms with Crippen LogP contribution in [0.25, 0.3) is 11.0 Å². The summed E-state index contributed by atoms with van der Waals surface area (Å²) in [7, 11) is 0. The molecule has 0 radical (unpaired) electrons. The van der Waals surface area contributed by atoms with Crippen molar-refractivity contribution in [1.29, 1.82) is 0 Å². The Balaban J connectivity index is 2.06. The molecule has 0 fully saturated rings. The highest BCUT2D eigenvalue weighted by Gasteiger charge is 2.13. The Morgan fingerprint density at radius 1 is 1.19 bits per heavy atom. The lowest BCUT2D eigenvalue weighted by Gasteiger charge is -2.07. The molecule has 0 aliphatic rings. The van der Waals surface area contributed by atoms with E-state index in [9.17, 15) is 4.79 Å². The highest BCUT2D eigenvalue weighted by molar-refractivity contribution is 5.78. The molecular formula is C17H16N2O2. The number of aromatic nitrogens is 2. The largest absolute Gasteiger partial charge is 0.480 e. The lowest BCUT2D eigenvalue weighted by molar-refractivity contribution is -0.137. The van der Waals surface area contributed by atoms with Crippen molar-refractivity contribution in [2.24, 2.45) is 0 Å². The summed E-state index contributed by atoms with van der Waals surface area (Å²) in [4.78, 5) is 15.7. The first-order valence-electron chi connectivity index (χ1n) is 6.85. The maximum atomic E-state index is 11.1. The van der Waals surface area contributed by atoms with Gasteiger partial charge in [-0.1, -0.05) is 42.0 Å². The summed E-state index contributed by atoms with van der Waals surface area (Å²) >= 11 is 0. The van der Waals surface area contributed by atoms with Crippen LogP contribution in [0.3, 0.4) is 0 Å². The smallest absolute Gasteiger partial charge is 0.323 e. The Morgan fingerprint density at radius 2 is 2.00 bits per heavy atom. The first-order chi connectivity index (χ1) is 10.1. The van der Waals surface area contributed by atoms with Gasteiger partial charge < -0.3 is 9.67 Å². The molecule has 2 aromatic carbocycles. The molecule has 0 spiro atoms. The van der Waals surface area contributed by atoms with Crippen molar-refractivity contribution in [3.05, 3.63) is 65.5 Å². The van der Waals surface area contributed by atoms with Crippen molar-refractivity contribution in [2.45, 2.75) is 19.9 Å². The van der Waals surface area contributed by atoms with Crippen LogP contribution in [0.2, 0.25) is 0 Å². The monoisotopic (exact) mass is 280 g/mol. The van der Waals surface area contributed by atoms with Crippen LogP contribution in [0.5, 0.6) is 0 Å². The molecule has 0 bridgehead atoms. The molecule has 3 rings (SSSR count). The predicted octanol–water partition coefficient (Wildman–Crippen LogP) is 3.02.